The summed E-state index contributed by atoms with van der Waals surface area (Å²) in [6.07, 6.45) is 5.09. The van der Waals surface area contributed by atoms with Crippen LogP contribution in [-0.2, 0) is 12.8 Å². The van der Waals surface area contributed by atoms with Crippen molar-refractivity contribution in [3.05, 3.63) is 45.1 Å². The van der Waals surface area contributed by atoms with Crippen LogP contribution in [0.2, 0.25) is 5.02 Å². The first-order valence-corrected chi connectivity index (χ1v) is 7.22. The second-order valence-electron chi connectivity index (χ2n) is 3.94. The van der Waals surface area contributed by atoms with Crippen LogP contribution in [0.5, 0.6) is 0 Å². The molecule has 0 radical (unpaired) electrons. The van der Waals surface area contributed by atoms with Crippen LogP contribution in [0.1, 0.15) is 27.3 Å². The molecule has 6 heteroatoms. The normalized spacial score (nSPS) is 10.4. The molecule has 0 aliphatic rings. The topological polar surface area (TPSA) is 54.9 Å². The molecule has 2 rings (SSSR count). The lowest BCUT2D eigenvalue weighted by Gasteiger charge is -2.03. The summed E-state index contributed by atoms with van der Waals surface area (Å²) in [6.45, 7) is 2.66. The van der Waals surface area contributed by atoms with Crippen molar-refractivity contribution in [2.24, 2.45) is 0 Å². The summed E-state index contributed by atoms with van der Waals surface area (Å²) in [4.78, 5) is 21.3. The predicted molar refractivity (Wildman–Crippen MR) is 76.8 cm³/mol. The summed E-state index contributed by atoms with van der Waals surface area (Å²) in [5.74, 6) is -0.191. The van der Waals surface area contributed by atoms with Gasteiger partial charge in [-0.05, 0) is 18.6 Å². The summed E-state index contributed by atoms with van der Waals surface area (Å²) < 4.78 is 0. The number of pyridine rings is 1. The van der Waals surface area contributed by atoms with Crippen molar-refractivity contribution in [1.29, 1.82) is 0 Å². The molecule has 1 N–H and O–H groups in total. The summed E-state index contributed by atoms with van der Waals surface area (Å²) >= 11 is 7.40. The first kappa shape index (κ1) is 14.0. The van der Waals surface area contributed by atoms with Crippen molar-refractivity contribution in [3.63, 3.8) is 0 Å². The minimum atomic E-state index is -0.191. The maximum atomic E-state index is 11.8. The highest BCUT2D eigenvalue weighted by Gasteiger charge is 2.07. The molecule has 19 heavy (non-hydrogen) atoms. The first-order chi connectivity index (χ1) is 9.19. The van der Waals surface area contributed by atoms with E-state index in [1.807, 2.05) is 6.20 Å². The quantitative estimate of drug-likeness (QED) is 0.923. The Morgan fingerprint density at radius 1 is 1.37 bits per heavy atom. The Balaban J connectivity index is 1.82. The Hall–Kier alpha value is -1.46. The zero-order valence-electron chi connectivity index (χ0n) is 10.5. The fourth-order valence-electron chi connectivity index (χ4n) is 1.51. The van der Waals surface area contributed by atoms with Crippen LogP contribution in [-0.4, -0.2) is 22.4 Å². The zero-order valence-corrected chi connectivity index (χ0v) is 12.1. The van der Waals surface area contributed by atoms with Gasteiger partial charge in [-0.15, -0.1) is 11.3 Å². The number of halogens is 1. The average Bonchev–Trinajstić information content (AvgIpc) is 2.87. The van der Waals surface area contributed by atoms with Gasteiger partial charge in [0, 0.05) is 30.2 Å². The van der Waals surface area contributed by atoms with Crippen molar-refractivity contribution in [1.82, 2.24) is 15.3 Å². The lowest BCUT2D eigenvalue weighted by atomic mass is 10.3. The summed E-state index contributed by atoms with van der Waals surface area (Å²) in [5, 5.41) is 4.38. The SMILES string of the molecule is CCc1cnc(CCNC(=O)c2ccc(Cl)cn2)s1. The van der Waals surface area contributed by atoms with Gasteiger partial charge in [0.15, 0.2) is 0 Å². The van der Waals surface area contributed by atoms with E-state index in [1.165, 1.54) is 11.1 Å². The average molecular weight is 296 g/mol. The number of rotatable bonds is 5. The molecule has 0 saturated carbocycles. The van der Waals surface area contributed by atoms with Crippen LogP contribution in [0.4, 0.5) is 0 Å². The molecule has 1 amide bonds. The molecule has 0 bridgehead atoms. The molecule has 0 fully saturated rings. The van der Waals surface area contributed by atoms with Gasteiger partial charge in [0.25, 0.3) is 5.91 Å². The molecule has 0 unspecified atom stereocenters. The molecular weight excluding hydrogens is 282 g/mol. The number of aromatic nitrogens is 2. The molecule has 0 aromatic carbocycles. The van der Waals surface area contributed by atoms with Crippen LogP contribution in [0.3, 0.4) is 0 Å². The molecule has 2 aromatic rings. The van der Waals surface area contributed by atoms with E-state index in [0.29, 0.717) is 17.3 Å². The Kier molecular flexibility index (Phi) is 4.87. The number of nitrogens with one attached hydrogen (secondary N) is 1. The standard InChI is InChI=1S/C13H14ClN3OS/c1-2-10-8-17-12(19-10)5-6-15-13(18)11-4-3-9(14)7-16-11/h3-4,7-8H,2,5-6H2,1H3,(H,15,18). The van der Waals surface area contributed by atoms with E-state index in [2.05, 4.69) is 22.2 Å². The maximum Gasteiger partial charge on any atom is 0.269 e. The number of carbonyl (C=O) groups is 1. The van der Waals surface area contributed by atoms with Crippen LogP contribution in [0.15, 0.2) is 24.5 Å². The predicted octanol–water partition coefficient (Wildman–Crippen LogP) is 2.73. The van der Waals surface area contributed by atoms with Crippen LogP contribution in [0, 0.1) is 0 Å². The number of hydrogen-bond donors (Lipinski definition) is 1. The van der Waals surface area contributed by atoms with E-state index in [0.717, 1.165) is 17.8 Å². The minimum Gasteiger partial charge on any atom is -0.350 e. The molecule has 0 atom stereocenters. The number of amides is 1. The molecular formula is C13H14ClN3OS. The first-order valence-electron chi connectivity index (χ1n) is 6.02. The van der Waals surface area contributed by atoms with E-state index in [4.69, 9.17) is 11.6 Å². The molecule has 100 valence electrons. The van der Waals surface area contributed by atoms with E-state index in [-0.39, 0.29) is 5.91 Å². The smallest absolute Gasteiger partial charge is 0.269 e. The van der Waals surface area contributed by atoms with Crippen LogP contribution >= 0.6 is 22.9 Å². The van der Waals surface area contributed by atoms with Crippen molar-refractivity contribution < 1.29 is 4.79 Å². The van der Waals surface area contributed by atoms with Gasteiger partial charge >= 0.3 is 0 Å². The van der Waals surface area contributed by atoms with Gasteiger partial charge in [-0.1, -0.05) is 18.5 Å². The second-order valence-corrected chi connectivity index (χ2v) is 5.58. The fourth-order valence-corrected chi connectivity index (χ4v) is 2.48. The van der Waals surface area contributed by atoms with E-state index < -0.39 is 0 Å². The lowest BCUT2D eigenvalue weighted by Crippen LogP contribution is -2.26. The van der Waals surface area contributed by atoms with Crippen molar-refractivity contribution in [3.8, 4) is 0 Å². The highest BCUT2D eigenvalue weighted by molar-refractivity contribution is 7.11. The second kappa shape index (κ2) is 6.63. The van der Waals surface area contributed by atoms with Crippen molar-refractivity contribution >= 4 is 28.8 Å². The Morgan fingerprint density at radius 2 is 2.21 bits per heavy atom. The maximum absolute atomic E-state index is 11.8. The molecule has 0 saturated heterocycles. The Bertz CT molecular complexity index is 553. The molecule has 0 spiro atoms. The minimum absolute atomic E-state index is 0.191. The van der Waals surface area contributed by atoms with Gasteiger partial charge in [-0.25, -0.2) is 9.97 Å². The molecule has 2 heterocycles. The fraction of sp³-hybridized carbons (Fsp3) is 0.308. The van der Waals surface area contributed by atoms with E-state index >= 15 is 0 Å². The number of aryl methyl sites for hydroxylation is 1. The number of hydrogen-bond acceptors (Lipinski definition) is 4. The van der Waals surface area contributed by atoms with Crippen molar-refractivity contribution in [2.45, 2.75) is 19.8 Å². The summed E-state index contributed by atoms with van der Waals surface area (Å²) in [7, 11) is 0. The zero-order chi connectivity index (χ0) is 13.7. The van der Waals surface area contributed by atoms with Gasteiger partial charge in [0.05, 0.1) is 10.0 Å². The molecule has 0 aliphatic heterocycles. The van der Waals surface area contributed by atoms with E-state index in [9.17, 15) is 4.79 Å². The molecule has 4 nitrogen and oxygen atoms in total. The summed E-state index contributed by atoms with van der Waals surface area (Å²) in [5.41, 5.74) is 0.373. The van der Waals surface area contributed by atoms with Crippen LogP contribution in [0.25, 0.3) is 0 Å². The van der Waals surface area contributed by atoms with Gasteiger partial charge in [-0.3, -0.25) is 4.79 Å². The largest absolute Gasteiger partial charge is 0.350 e. The van der Waals surface area contributed by atoms with Crippen molar-refractivity contribution in [2.75, 3.05) is 6.54 Å². The monoisotopic (exact) mass is 295 g/mol. The lowest BCUT2D eigenvalue weighted by molar-refractivity contribution is 0.0949. The highest BCUT2D eigenvalue weighted by Crippen LogP contribution is 2.13. The number of carbonyl (C=O) groups excluding carboxylic acids is 1. The van der Waals surface area contributed by atoms with E-state index in [1.54, 1.807) is 23.5 Å². The van der Waals surface area contributed by atoms with Gasteiger partial charge < -0.3 is 5.32 Å². The third-order valence-electron chi connectivity index (χ3n) is 2.53. The Labute approximate surface area is 120 Å². The third kappa shape index (κ3) is 4.01. The van der Waals surface area contributed by atoms with Gasteiger partial charge in [-0.2, -0.15) is 0 Å². The number of thiazole rings is 1. The number of nitrogens with zero attached hydrogens (tertiary/aromatic N) is 2. The Morgan fingerprint density at radius 3 is 2.84 bits per heavy atom. The van der Waals surface area contributed by atoms with Crippen LogP contribution < -0.4 is 5.32 Å². The summed E-state index contributed by atoms with van der Waals surface area (Å²) in [6, 6.07) is 3.26. The molecule has 0 aliphatic carbocycles. The van der Waals surface area contributed by atoms with Gasteiger partial charge in [0.2, 0.25) is 0 Å². The third-order valence-corrected chi connectivity index (χ3v) is 3.96. The highest BCUT2D eigenvalue weighted by atomic mass is 35.5. The van der Waals surface area contributed by atoms with Gasteiger partial charge in [0.1, 0.15) is 5.69 Å². The molecule has 2 aromatic heterocycles.